The molecule has 2 aromatic rings. The Morgan fingerprint density at radius 2 is 1.78 bits per heavy atom. The number of carbonyl (C=O) groups excluding carboxylic acids is 1. The normalized spacial score (nSPS) is 15.2. The summed E-state index contributed by atoms with van der Waals surface area (Å²) >= 11 is 0. The molecule has 0 aromatic heterocycles. The van der Waals surface area contributed by atoms with Gasteiger partial charge in [0.1, 0.15) is 23.1 Å². The summed E-state index contributed by atoms with van der Waals surface area (Å²) in [6, 6.07) is 6.44. The second-order valence-corrected chi connectivity index (χ2v) is 4.99. The molecule has 0 aliphatic heterocycles. The third-order valence-corrected chi connectivity index (χ3v) is 3.41. The Morgan fingerprint density at radius 3 is 2.39 bits per heavy atom. The van der Waals surface area contributed by atoms with Crippen LogP contribution in [0.3, 0.4) is 0 Å². The zero-order valence-corrected chi connectivity index (χ0v) is 11.4. The van der Waals surface area contributed by atoms with Gasteiger partial charge in [0.2, 0.25) is 5.78 Å². The number of halogens is 4. The highest BCUT2D eigenvalue weighted by molar-refractivity contribution is 6.08. The molecule has 0 heterocycles. The van der Waals surface area contributed by atoms with E-state index in [4.69, 9.17) is 10.00 Å². The van der Waals surface area contributed by atoms with Gasteiger partial charge in [0.25, 0.3) is 0 Å². The van der Waals surface area contributed by atoms with Crippen molar-refractivity contribution < 1.29 is 27.1 Å². The van der Waals surface area contributed by atoms with Crippen LogP contribution in [0, 0.1) is 23.0 Å². The van der Waals surface area contributed by atoms with Crippen LogP contribution in [-0.2, 0) is 6.42 Å². The molecule has 1 aliphatic rings. The lowest BCUT2D eigenvalue weighted by Gasteiger charge is -2.11. The standard InChI is InChI=1S/C16H7F4NO2/c17-9-3-10(18)5-11(4-9)23-13-2-1-8(7-21)14-12(13)6-16(19,20)15(14)22/h1-5H,6H2. The van der Waals surface area contributed by atoms with Crippen molar-refractivity contribution in [3.8, 4) is 17.6 Å². The van der Waals surface area contributed by atoms with Crippen LogP contribution >= 0.6 is 0 Å². The van der Waals surface area contributed by atoms with Gasteiger partial charge in [-0.1, -0.05) is 0 Å². The van der Waals surface area contributed by atoms with E-state index in [9.17, 15) is 22.4 Å². The van der Waals surface area contributed by atoms with Gasteiger partial charge in [0, 0.05) is 35.7 Å². The van der Waals surface area contributed by atoms with Crippen molar-refractivity contribution in [2.75, 3.05) is 0 Å². The van der Waals surface area contributed by atoms with Gasteiger partial charge in [-0.2, -0.15) is 14.0 Å². The Balaban J connectivity index is 2.10. The van der Waals surface area contributed by atoms with Crippen LogP contribution in [-0.4, -0.2) is 11.7 Å². The van der Waals surface area contributed by atoms with Crippen LogP contribution in [0.15, 0.2) is 30.3 Å². The van der Waals surface area contributed by atoms with E-state index in [0.717, 1.165) is 18.2 Å². The molecule has 3 rings (SSSR count). The van der Waals surface area contributed by atoms with Crippen molar-refractivity contribution in [1.29, 1.82) is 5.26 Å². The SMILES string of the molecule is N#Cc1ccc(Oc2cc(F)cc(F)c2)c2c1C(=O)C(F)(F)C2. The first kappa shape index (κ1) is 15.0. The van der Waals surface area contributed by atoms with Crippen LogP contribution in [0.1, 0.15) is 21.5 Å². The molecular formula is C16H7F4NO2. The van der Waals surface area contributed by atoms with E-state index in [1.54, 1.807) is 6.07 Å². The van der Waals surface area contributed by atoms with E-state index < -0.39 is 35.3 Å². The summed E-state index contributed by atoms with van der Waals surface area (Å²) in [5, 5.41) is 8.96. The number of rotatable bonds is 2. The summed E-state index contributed by atoms with van der Waals surface area (Å²) in [6.45, 7) is 0. The molecule has 7 heteroatoms. The molecule has 0 N–H and O–H groups in total. The van der Waals surface area contributed by atoms with Gasteiger partial charge < -0.3 is 4.74 Å². The van der Waals surface area contributed by atoms with Gasteiger partial charge in [-0.15, -0.1) is 0 Å². The molecule has 0 atom stereocenters. The number of nitriles is 1. The summed E-state index contributed by atoms with van der Waals surface area (Å²) in [5.41, 5.74) is -0.754. The van der Waals surface area contributed by atoms with Crippen molar-refractivity contribution in [3.05, 3.63) is 58.7 Å². The molecule has 0 spiro atoms. The Labute approximate surface area is 127 Å². The molecule has 0 fully saturated rings. The number of fused-ring (bicyclic) bond motifs is 1. The van der Waals surface area contributed by atoms with Gasteiger partial charge in [-0.3, -0.25) is 4.79 Å². The summed E-state index contributed by atoms with van der Waals surface area (Å²) < 4.78 is 58.9. The van der Waals surface area contributed by atoms with E-state index in [0.29, 0.717) is 6.07 Å². The van der Waals surface area contributed by atoms with Crippen LogP contribution in [0.4, 0.5) is 17.6 Å². The molecule has 0 unspecified atom stereocenters. The first-order valence-corrected chi connectivity index (χ1v) is 6.44. The molecule has 0 bridgehead atoms. The van der Waals surface area contributed by atoms with Crippen LogP contribution in [0.25, 0.3) is 0 Å². The number of alkyl halides is 2. The smallest absolute Gasteiger partial charge is 0.313 e. The maximum absolute atomic E-state index is 13.7. The maximum atomic E-state index is 13.7. The van der Waals surface area contributed by atoms with Crippen molar-refractivity contribution in [1.82, 2.24) is 0 Å². The molecule has 0 radical (unpaired) electrons. The molecular weight excluding hydrogens is 314 g/mol. The number of hydrogen-bond acceptors (Lipinski definition) is 3. The number of Topliss-reactive ketones (excluding diaryl/α,β-unsaturated/α-hetero) is 1. The molecule has 0 saturated carbocycles. The number of benzene rings is 2. The number of hydrogen-bond donors (Lipinski definition) is 0. The first-order valence-electron chi connectivity index (χ1n) is 6.44. The molecule has 1 aliphatic carbocycles. The van der Waals surface area contributed by atoms with E-state index in [2.05, 4.69) is 0 Å². The lowest BCUT2D eigenvalue weighted by molar-refractivity contribution is 0.0166. The molecule has 0 saturated heterocycles. The average molecular weight is 321 g/mol. The Hall–Kier alpha value is -2.88. The highest BCUT2D eigenvalue weighted by Crippen LogP contribution is 2.42. The third-order valence-electron chi connectivity index (χ3n) is 3.41. The van der Waals surface area contributed by atoms with Crippen molar-refractivity contribution in [3.63, 3.8) is 0 Å². The Morgan fingerprint density at radius 1 is 1.13 bits per heavy atom. The number of carbonyl (C=O) groups is 1. The Bertz CT molecular complexity index is 851. The zero-order valence-electron chi connectivity index (χ0n) is 11.4. The van der Waals surface area contributed by atoms with E-state index in [1.807, 2.05) is 0 Å². The lowest BCUT2D eigenvalue weighted by Crippen LogP contribution is -2.24. The topological polar surface area (TPSA) is 50.1 Å². The minimum atomic E-state index is -3.64. The van der Waals surface area contributed by atoms with Gasteiger partial charge in [0.15, 0.2) is 0 Å². The Kier molecular flexibility index (Phi) is 3.33. The maximum Gasteiger partial charge on any atom is 0.313 e. The fraction of sp³-hybridized carbons (Fsp3) is 0.125. The molecule has 23 heavy (non-hydrogen) atoms. The van der Waals surface area contributed by atoms with Gasteiger partial charge in [-0.25, -0.2) is 8.78 Å². The summed E-state index contributed by atoms with van der Waals surface area (Å²) in [4.78, 5) is 11.7. The highest BCUT2D eigenvalue weighted by atomic mass is 19.3. The number of nitrogens with zero attached hydrogens (tertiary/aromatic N) is 1. The highest BCUT2D eigenvalue weighted by Gasteiger charge is 2.49. The predicted molar refractivity (Wildman–Crippen MR) is 70.6 cm³/mol. The summed E-state index contributed by atoms with van der Waals surface area (Å²) in [7, 11) is 0. The van der Waals surface area contributed by atoms with Gasteiger partial charge in [0.05, 0.1) is 11.6 Å². The molecule has 2 aromatic carbocycles. The largest absolute Gasteiger partial charge is 0.457 e. The molecule has 3 nitrogen and oxygen atoms in total. The van der Waals surface area contributed by atoms with Crippen molar-refractivity contribution in [2.24, 2.45) is 0 Å². The zero-order chi connectivity index (χ0) is 16.8. The lowest BCUT2D eigenvalue weighted by atomic mass is 10.0. The fourth-order valence-electron chi connectivity index (χ4n) is 2.45. The second kappa shape index (κ2) is 5.09. The molecule has 0 amide bonds. The molecule has 116 valence electrons. The third kappa shape index (κ3) is 2.52. The second-order valence-electron chi connectivity index (χ2n) is 4.99. The summed E-state index contributed by atoms with van der Waals surface area (Å²) in [6.07, 6.45) is -0.927. The summed E-state index contributed by atoms with van der Waals surface area (Å²) in [5.74, 6) is -7.27. The van der Waals surface area contributed by atoms with Crippen LogP contribution in [0.2, 0.25) is 0 Å². The van der Waals surface area contributed by atoms with Gasteiger partial charge in [-0.05, 0) is 12.1 Å². The first-order chi connectivity index (χ1) is 10.8. The van der Waals surface area contributed by atoms with Crippen LogP contribution in [0.5, 0.6) is 11.5 Å². The van der Waals surface area contributed by atoms with Crippen molar-refractivity contribution >= 4 is 5.78 Å². The fourth-order valence-corrected chi connectivity index (χ4v) is 2.45. The average Bonchev–Trinajstić information content (AvgIpc) is 2.70. The van der Waals surface area contributed by atoms with E-state index in [-0.39, 0.29) is 22.6 Å². The van der Waals surface area contributed by atoms with Crippen LogP contribution < -0.4 is 4.74 Å². The van der Waals surface area contributed by atoms with Crippen molar-refractivity contribution in [2.45, 2.75) is 12.3 Å². The van der Waals surface area contributed by atoms with E-state index >= 15 is 0 Å². The minimum absolute atomic E-state index is 0.144. The monoisotopic (exact) mass is 321 g/mol. The predicted octanol–water partition coefficient (Wildman–Crippen LogP) is 4.00. The van der Waals surface area contributed by atoms with Gasteiger partial charge >= 0.3 is 5.92 Å². The number of ether oxygens (including phenoxy) is 1. The quantitative estimate of drug-likeness (QED) is 0.786. The van der Waals surface area contributed by atoms with E-state index in [1.165, 1.54) is 6.07 Å². The minimum Gasteiger partial charge on any atom is -0.457 e. The number of ketones is 1.